The van der Waals surface area contributed by atoms with Gasteiger partial charge in [0.2, 0.25) is 5.91 Å². The van der Waals surface area contributed by atoms with Gasteiger partial charge in [0.15, 0.2) is 11.6 Å². The molecule has 0 fully saturated rings. The number of halogens is 2. The van der Waals surface area contributed by atoms with Gasteiger partial charge >= 0.3 is 0 Å². The molecule has 0 spiro atoms. The van der Waals surface area contributed by atoms with E-state index in [9.17, 15) is 14.4 Å². The fraction of sp³-hybridized carbons (Fsp3) is 0.167. The molecule has 0 aliphatic rings. The standard InChI is InChI=1S/C30H27F2N5O3/c1-4-39-28-16-25-21(15-26(28)35-29(38)10-7-13-37(2)3)30(19(17-33)18-34-25)36-24-12-11-20(14-23(24)32)40-27-9-6-5-8-22(27)31/h5-12,14-16,18H,4,13H2,1-3H3,(H,34,36)(H,35,38)/b10-7+. The molecule has 0 saturated heterocycles. The van der Waals surface area contributed by atoms with Gasteiger partial charge in [-0.3, -0.25) is 9.78 Å². The Morgan fingerprint density at radius 2 is 1.88 bits per heavy atom. The van der Waals surface area contributed by atoms with Crippen LogP contribution in [0, 0.1) is 23.0 Å². The average Bonchev–Trinajstić information content (AvgIpc) is 2.92. The molecule has 0 atom stereocenters. The van der Waals surface area contributed by atoms with Crippen LogP contribution in [0.25, 0.3) is 10.9 Å². The number of aromatic nitrogens is 1. The Morgan fingerprint density at radius 3 is 2.58 bits per heavy atom. The van der Waals surface area contributed by atoms with E-state index in [2.05, 4.69) is 21.7 Å². The lowest BCUT2D eigenvalue weighted by atomic mass is 10.1. The molecular weight excluding hydrogens is 516 g/mol. The summed E-state index contributed by atoms with van der Waals surface area (Å²) in [5.41, 5.74) is 1.33. The Bertz CT molecular complexity index is 1620. The number of hydrogen-bond acceptors (Lipinski definition) is 7. The molecule has 4 aromatic rings. The Balaban J connectivity index is 1.70. The third-order valence-electron chi connectivity index (χ3n) is 5.65. The van der Waals surface area contributed by atoms with E-state index in [1.165, 1.54) is 42.6 Å². The summed E-state index contributed by atoms with van der Waals surface area (Å²) in [6.45, 7) is 2.75. The number of nitriles is 1. The molecule has 40 heavy (non-hydrogen) atoms. The van der Waals surface area contributed by atoms with Gasteiger partial charge in [-0.1, -0.05) is 18.2 Å². The van der Waals surface area contributed by atoms with Crippen LogP contribution in [0.4, 0.5) is 25.8 Å². The van der Waals surface area contributed by atoms with Crippen LogP contribution in [0.3, 0.4) is 0 Å². The van der Waals surface area contributed by atoms with Crippen LogP contribution in [-0.4, -0.2) is 43.0 Å². The van der Waals surface area contributed by atoms with Crippen LogP contribution in [0.2, 0.25) is 0 Å². The topological polar surface area (TPSA) is 99.5 Å². The molecule has 4 rings (SSSR count). The first-order valence-electron chi connectivity index (χ1n) is 12.4. The quantitative estimate of drug-likeness (QED) is 0.224. The first-order chi connectivity index (χ1) is 19.3. The second-order valence-electron chi connectivity index (χ2n) is 8.91. The second kappa shape index (κ2) is 12.7. The molecule has 0 radical (unpaired) electrons. The van der Waals surface area contributed by atoms with Crippen molar-refractivity contribution in [3.05, 3.63) is 90.1 Å². The SMILES string of the molecule is CCOc1cc2ncc(C#N)c(Nc3ccc(Oc4ccccc4F)cc3F)c2cc1NC(=O)/C=C/CN(C)C. The molecule has 0 aliphatic carbocycles. The number of carbonyl (C=O) groups excluding carboxylic acids is 1. The lowest BCUT2D eigenvalue weighted by Crippen LogP contribution is -2.13. The van der Waals surface area contributed by atoms with E-state index < -0.39 is 11.6 Å². The van der Waals surface area contributed by atoms with Crippen LogP contribution in [0.15, 0.2) is 72.9 Å². The minimum Gasteiger partial charge on any atom is -0.492 e. The highest BCUT2D eigenvalue weighted by molar-refractivity contribution is 6.04. The van der Waals surface area contributed by atoms with E-state index in [-0.39, 0.29) is 34.3 Å². The first kappa shape index (κ1) is 28.0. The Kier molecular flexibility index (Phi) is 8.89. The van der Waals surface area contributed by atoms with Crippen molar-refractivity contribution in [1.82, 2.24) is 9.88 Å². The molecule has 2 N–H and O–H groups in total. The third kappa shape index (κ3) is 6.70. The minimum absolute atomic E-state index is 0.0363. The summed E-state index contributed by atoms with van der Waals surface area (Å²) in [5, 5.41) is 16.0. The lowest BCUT2D eigenvalue weighted by Gasteiger charge is -2.16. The number of likely N-dealkylation sites (N-methyl/N-ethyl adjacent to an activating group) is 1. The van der Waals surface area contributed by atoms with E-state index in [0.717, 1.165) is 6.07 Å². The zero-order valence-electron chi connectivity index (χ0n) is 22.2. The van der Waals surface area contributed by atoms with Gasteiger partial charge in [0, 0.05) is 36.3 Å². The van der Waals surface area contributed by atoms with Gasteiger partial charge in [-0.25, -0.2) is 8.78 Å². The normalized spacial score (nSPS) is 11.0. The van der Waals surface area contributed by atoms with E-state index in [0.29, 0.717) is 35.5 Å². The van der Waals surface area contributed by atoms with Crippen molar-refractivity contribution in [2.75, 3.05) is 37.9 Å². The number of rotatable bonds is 10. The molecule has 1 aromatic heterocycles. The maximum absolute atomic E-state index is 15.1. The van der Waals surface area contributed by atoms with Crippen LogP contribution in [0.1, 0.15) is 12.5 Å². The van der Waals surface area contributed by atoms with Gasteiger partial charge in [0.1, 0.15) is 23.4 Å². The minimum atomic E-state index is -0.687. The number of carbonyl (C=O) groups is 1. The molecule has 0 aliphatic heterocycles. The van der Waals surface area contributed by atoms with Gasteiger partial charge in [0.25, 0.3) is 0 Å². The summed E-state index contributed by atoms with van der Waals surface area (Å²) in [6, 6.07) is 15.2. The molecule has 0 unspecified atom stereocenters. The van der Waals surface area contributed by atoms with Crippen molar-refractivity contribution < 1.29 is 23.0 Å². The molecule has 0 bridgehead atoms. The van der Waals surface area contributed by atoms with Gasteiger partial charge in [-0.05, 0) is 51.4 Å². The van der Waals surface area contributed by atoms with Gasteiger partial charge in [-0.2, -0.15) is 5.26 Å². The lowest BCUT2D eigenvalue weighted by molar-refractivity contribution is -0.111. The first-order valence-corrected chi connectivity index (χ1v) is 12.4. The number of benzene rings is 3. The summed E-state index contributed by atoms with van der Waals surface area (Å²) < 4.78 is 40.3. The fourth-order valence-electron chi connectivity index (χ4n) is 3.81. The van der Waals surface area contributed by atoms with Crippen molar-refractivity contribution in [3.63, 3.8) is 0 Å². The zero-order valence-corrected chi connectivity index (χ0v) is 22.2. The van der Waals surface area contributed by atoms with E-state index in [1.54, 1.807) is 24.3 Å². The molecule has 1 heterocycles. The predicted octanol–water partition coefficient (Wildman–Crippen LogP) is 6.38. The van der Waals surface area contributed by atoms with Gasteiger partial charge in [0.05, 0.1) is 34.7 Å². The Morgan fingerprint density at radius 1 is 1.07 bits per heavy atom. The highest BCUT2D eigenvalue weighted by atomic mass is 19.1. The number of pyridine rings is 1. The van der Waals surface area contributed by atoms with Crippen LogP contribution in [0.5, 0.6) is 17.2 Å². The van der Waals surface area contributed by atoms with Crippen LogP contribution in [-0.2, 0) is 4.79 Å². The van der Waals surface area contributed by atoms with Crippen LogP contribution < -0.4 is 20.1 Å². The largest absolute Gasteiger partial charge is 0.492 e. The average molecular weight is 544 g/mol. The maximum atomic E-state index is 15.1. The molecule has 0 saturated carbocycles. The number of ether oxygens (including phenoxy) is 2. The molecule has 8 nitrogen and oxygen atoms in total. The zero-order chi connectivity index (χ0) is 28.6. The fourth-order valence-corrected chi connectivity index (χ4v) is 3.81. The van der Waals surface area contributed by atoms with Crippen molar-refractivity contribution in [2.24, 2.45) is 0 Å². The van der Waals surface area contributed by atoms with Crippen molar-refractivity contribution >= 4 is 33.9 Å². The molecule has 3 aromatic carbocycles. The second-order valence-corrected chi connectivity index (χ2v) is 8.91. The van der Waals surface area contributed by atoms with Gasteiger partial charge < -0.3 is 25.0 Å². The highest BCUT2D eigenvalue weighted by Crippen LogP contribution is 2.37. The predicted molar refractivity (Wildman–Crippen MR) is 150 cm³/mol. The molecule has 10 heteroatoms. The Hall–Kier alpha value is -5.01. The Labute approximate surface area is 230 Å². The third-order valence-corrected chi connectivity index (χ3v) is 5.65. The van der Waals surface area contributed by atoms with Crippen LogP contribution >= 0.6 is 0 Å². The smallest absolute Gasteiger partial charge is 0.248 e. The van der Waals surface area contributed by atoms with E-state index in [4.69, 9.17) is 9.47 Å². The van der Waals surface area contributed by atoms with E-state index >= 15 is 4.39 Å². The summed E-state index contributed by atoms with van der Waals surface area (Å²) in [7, 11) is 3.78. The highest BCUT2D eigenvalue weighted by Gasteiger charge is 2.17. The number of hydrogen-bond donors (Lipinski definition) is 2. The van der Waals surface area contributed by atoms with Crippen molar-refractivity contribution in [1.29, 1.82) is 5.26 Å². The van der Waals surface area contributed by atoms with Crippen molar-refractivity contribution in [2.45, 2.75) is 6.92 Å². The van der Waals surface area contributed by atoms with E-state index in [1.807, 2.05) is 25.9 Å². The number of fused-ring (bicyclic) bond motifs is 1. The number of nitrogens with zero attached hydrogens (tertiary/aromatic N) is 3. The summed E-state index contributed by atoms with van der Waals surface area (Å²) in [4.78, 5) is 18.8. The summed E-state index contributed by atoms with van der Waals surface area (Å²) in [6.07, 6.45) is 4.51. The molecule has 204 valence electrons. The molecule has 1 amide bonds. The number of anilines is 3. The van der Waals surface area contributed by atoms with Crippen molar-refractivity contribution in [3.8, 4) is 23.3 Å². The van der Waals surface area contributed by atoms with Gasteiger partial charge in [-0.15, -0.1) is 0 Å². The number of nitrogens with one attached hydrogen (secondary N) is 2. The number of para-hydroxylation sites is 1. The number of amides is 1. The maximum Gasteiger partial charge on any atom is 0.248 e. The molecular formula is C30H27F2N5O3. The monoisotopic (exact) mass is 543 g/mol. The summed E-state index contributed by atoms with van der Waals surface area (Å²) >= 11 is 0. The summed E-state index contributed by atoms with van der Waals surface area (Å²) in [5.74, 6) is -1.17.